The van der Waals surface area contributed by atoms with Gasteiger partial charge in [0.05, 0.1) is 17.9 Å². The van der Waals surface area contributed by atoms with Crippen molar-refractivity contribution in [1.82, 2.24) is 4.98 Å². The lowest BCUT2D eigenvalue weighted by molar-refractivity contribution is 1.06. The van der Waals surface area contributed by atoms with Crippen molar-refractivity contribution in [2.75, 3.05) is 5.32 Å². The van der Waals surface area contributed by atoms with Crippen molar-refractivity contribution in [2.24, 2.45) is 10.7 Å². The zero-order valence-electron chi connectivity index (χ0n) is 7.27. The Kier molecular flexibility index (Phi) is 2.12. The van der Waals surface area contributed by atoms with Gasteiger partial charge in [0.25, 0.3) is 0 Å². The average molecular weight is 176 g/mol. The number of nitrogens with two attached hydrogens (primary N) is 1. The molecule has 3 N–H and O–H groups in total. The molecule has 2 rings (SSSR count). The van der Waals surface area contributed by atoms with Gasteiger partial charge in [-0.3, -0.25) is 4.98 Å². The predicted octanol–water partition coefficient (Wildman–Crippen LogP) is 0.971. The molecule has 0 saturated heterocycles. The van der Waals surface area contributed by atoms with Gasteiger partial charge in [-0.15, -0.1) is 0 Å². The average Bonchev–Trinajstić information content (AvgIpc) is 2.90. The third kappa shape index (κ3) is 2.43. The SMILES string of the molecule is NC(=NC1CC1)Nc1cccnc1. The Morgan fingerprint density at radius 2 is 2.46 bits per heavy atom. The molecule has 68 valence electrons. The van der Waals surface area contributed by atoms with E-state index in [0.717, 1.165) is 18.5 Å². The first-order valence-corrected chi connectivity index (χ1v) is 4.35. The number of aromatic nitrogens is 1. The Bertz CT molecular complexity index is 303. The first-order chi connectivity index (χ1) is 6.34. The van der Waals surface area contributed by atoms with Crippen LogP contribution in [0.15, 0.2) is 29.5 Å². The molecule has 4 nitrogen and oxygen atoms in total. The van der Waals surface area contributed by atoms with E-state index < -0.39 is 0 Å². The van der Waals surface area contributed by atoms with E-state index in [2.05, 4.69) is 15.3 Å². The van der Waals surface area contributed by atoms with E-state index in [9.17, 15) is 0 Å². The predicted molar refractivity (Wildman–Crippen MR) is 52.5 cm³/mol. The van der Waals surface area contributed by atoms with Crippen LogP contribution >= 0.6 is 0 Å². The number of anilines is 1. The molecule has 1 aromatic rings. The van der Waals surface area contributed by atoms with E-state index in [4.69, 9.17) is 5.73 Å². The minimum Gasteiger partial charge on any atom is -0.370 e. The highest BCUT2D eigenvalue weighted by atomic mass is 15.1. The van der Waals surface area contributed by atoms with Gasteiger partial charge in [0.2, 0.25) is 0 Å². The van der Waals surface area contributed by atoms with E-state index in [-0.39, 0.29) is 0 Å². The lowest BCUT2D eigenvalue weighted by Gasteiger charge is -2.03. The maximum atomic E-state index is 5.66. The van der Waals surface area contributed by atoms with Gasteiger partial charge in [-0.05, 0) is 25.0 Å². The fraction of sp³-hybridized carbons (Fsp3) is 0.333. The molecule has 1 aliphatic rings. The van der Waals surface area contributed by atoms with Crippen molar-refractivity contribution in [2.45, 2.75) is 18.9 Å². The lowest BCUT2D eigenvalue weighted by atomic mass is 10.4. The molecular weight excluding hydrogens is 164 g/mol. The molecule has 0 amide bonds. The van der Waals surface area contributed by atoms with Crippen molar-refractivity contribution in [1.29, 1.82) is 0 Å². The summed E-state index contributed by atoms with van der Waals surface area (Å²) in [5.41, 5.74) is 6.54. The van der Waals surface area contributed by atoms with E-state index in [1.807, 2.05) is 12.1 Å². The monoisotopic (exact) mass is 176 g/mol. The summed E-state index contributed by atoms with van der Waals surface area (Å²) >= 11 is 0. The first kappa shape index (κ1) is 8.04. The van der Waals surface area contributed by atoms with Crippen LogP contribution in [0.4, 0.5) is 5.69 Å². The van der Waals surface area contributed by atoms with Crippen LogP contribution in [0.1, 0.15) is 12.8 Å². The third-order valence-electron chi connectivity index (χ3n) is 1.80. The summed E-state index contributed by atoms with van der Waals surface area (Å²) in [6.07, 6.45) is 5.76. The van der Waals surface area contributed by atoms with Crippen LogP contribution in [0.3, 0.4) is 0 Å². The second kappa shape index (κ2) is 3.43. The summed E-state index contributed by atoms with van der Waals surface area (Å²) in [6.45, 7) is 0. The van der Waals surface area contributed by atoms with Gasteiger partial charge in [-0.1, -0.05) is 0 Å². The highest BCUT2D eigenvalue weighted by molar-refractivity contribution is 5.92. The number of guanidine groups is 1. The van der Waals surface area contributed by atoms with Crippen LogP contribution in [0.2, 0.25) is 0 Å². The molecule has 1 aromatic heterocycles. The first-order valence-electron chi connectivity index (χ1n) is 4.35. The van der Waals surface area contributed by atoms with Crippen LogP contribution in [0.25, 0.3) is 0 Å². The maximum absolute atomic E-state index is 5.66. The summed E-state index contributed by atoms with van der Waals surface area (Å²) < 4.78 is 0. The van der Waals surface area contributed by atoms with Gasteiger partial charge >= 0.3 is 0 Å². The van der Waals surface area contributed by atoms with E-state index >= 15 is 0 Å². The smallest absolute Gasteiger partial charge is 0.193 e. The molecule has 1 saturated carbocycles. The minimum atomic E-state index is 0.448. The molecule has 0 atom stereocenters. The van der Waals surface area contributed by atoms with Crippen molar-refractivity contribution in [3.05, 3.63) is 24.5 Å². The van der Waals surface area contributed by atoms with Crippen LogP contribution < -0.4 is 11.1 Å². The number of nitrogens with one attached hydrogen (secondary N) is 1. The summed E-state index contributed by atoms with van der Waals surface area (Å²) in [5.74, 6) is 0.482. The Hall–Kier alpha value is -1.58. The zero-order valence-corrected chi connectivity index (χ0v) is 7.27. The standard InChI is InChI=1S/C9H12N4/c10-9(12-7-3-4-7)13-8-2-1-5-11-6-8/h1-2,5-7H,3-4H2,(H3,10,12,13). The van der Waals surface area contributed by atoms with E-state index in [1.165, 1.54) is 0 Å². The molecule has 1 heterocycles. The van der Waals surface area contributed by atoms with Crippen LogP contribution in [0.5, 0.6) is 0 Å². The number of rotatable bonds is 2. The molecule has 1 aliphatic carbocycles. The Morgan fingerprint density at radius 1 is 1.62 bits per heavy atom. The molecule has 0 radical (unpaired) electrons. The highest BCUT2D eigenvalue weighted by Gasteiger charge is 2.20. The van der Waals surface area contributed by atoms with Gasteiger partial charge in [-0.2, -0.15) is 0 Å². The fourth-order valence-corrected chi connectivity index (χ4v) is 1.02. The lowest BCUT2D eigenvalue weighted by Crippen LogP contribution is -2.23. The van der Waals surface area contributed by atoms with Gasteiger partial charge in [0.1, 0.15) is 0 Å². The molecule has 1 fully saturated rings. The number of hydrogen-bond acceptors (Lipinski definition) is 2. The van der Waals surface area contributed by atoms with Crippen molar-refractivity contribution in [3.8, 4) is 0 Å². The topological polar surface area (TPSA) is 63.3 Å². The molecular formula is C9H12N4. The van der Waals surface area contributed by atoms with Gasteiger partial charge in [-0.25, -0.2) is 4.99 Å². The Balaban J connectivity index is 1.97. The molecule has 13 heavy (non-hydrogen) atoms. The summed E-state index contributed by atoms with van der Waals surface area (Å²) in [7, 11) is 0. The number of hydrogen-bond donors (Lipinski definition) is 2. The Morgan fingerprint density at radius 3 is 3.08 bits per heavy atom. The van der Waals surface area contributed by atoms with Crippen LogP contribution in [0, 0.1) is 0 Å². The second-order valence-corrected chi connectivity index (χ2v) is 3.11. The Labute approximate surface area is 76.9 Å². The highest BCUT2D eigenvalue weighted by Crippen LogP contribution is 2.23. The largest absolute Gasteiger partial charge is 0.370 e. The van der Waals surface area contributed by atoms with Crippen LogP contribution in [-0.4, -0.2) is 17.0 Å². The minimum absolute atomic E-state index is 0.448. The number of aliphatic imine (C=N–C) groups is 1. The quantitative estimate of drug-likeness (QED) is 0.521. The van der Waals surface area contributed by atoms with Gasteiger partial charge in [0, 0.05) is 6.20 Å². The second-order valence-electron chi connectivity index (χ2n) is 3.11. The van der Waals surface area contributed by atoms with Gasteiger partial charge < -0.3 is 11.1 Å². The van der Waals surface area contributed by atoms with Crippen molar-refractivity contribution >= 4 is 11.6 Å². The fourth-order valence-electron chi connectivity index (χ4n) is 1.02. The zero-order chi connectivity index (χ0) is 9.10. The molecule has 0 spiro atoms. The van der Waals surface area contributed by atoms with Gasteiger partial charge in [0.15, 0.2) is 5.96 Å². The van der Waals surface area contributed by atoms with E-state index in [0.29, 0.717) is 12.0 Å². The summed E-state index contributed by atoms with van der Waals surface area (Å²) in [5, 5.41) is 2.98. The van der Waals surface area contributed by atoms with Crippen molar-refractivity contribution in [3.63, 3.8) is 0 Å². The maximum Gasteiger partial charge on any atom is 0.193 e. The summed E-state index contributed by atoms with van der Waals surface area (Å²) in [6, 6.07) is 4.21. The number of nitrogens with zero attached hydrogens (tertiary/aromatic N) is 2. The van der Waals surface area contributed by atoms with E-state index in [1.54, 1.807) is 12.4 Å². The number of pyridine rings is 1. The normalized spacial score (nSPS) is 17.1. The molecule has 0 aromatic carbocycles. The molecule has 0 bridgehead atoms. The molecule has 0 unspecified atom stereocenters. The molecule has 0 aliphatic heterocycles. The van der Waals surface area contributed by atoms with Crippen molar-refractivity contribution < 1.29 is 0 Å². The molecule has 4 heteroatoms. The summed E-state index contributed by atoms with van der Waals surface area (Å²) in [4.78, 5) is 8.20. The van der Waals surface area contributed by atoms with Crippen LogP contribution in [-0.2, 0) is 0 Å². The third-order valence-corrected chi connectivity index (χ3v) is 1.80.